The number of carbonyl (C=O) groups is 1. The Balaban J connectivity index is 2.81. The molecule has 1 aromatic carbocycles. The van der Waals surface area contributed by atoms with Crippen molar-refractivity contribution in [1.29, 1.82) is 10.5 Å². The number of hydrogen-bond donors (Lipinski definition) is 1. The summed E-state index contributed by atoms with van der Waals surface area (Å²) >= 11 is 0.898. The van der Waals surface area contributed by atoms with Crippen molar-refractivity contribution in [2.75, 3.05) is 12.3 Å². The number of alkyl halides is 3. The fraction of sp³-hybridized carbons (Fsp3) is 0.250. The van der Waals surface area contributed by atoms with E-state index in [9.17, 15) is 18.0 Å². The first-order valence-electron chi connectivity index (χ1n) is 5.26. The fourth-order valence-corrected chi connectivity index (χ4v) is 2.05. The minimum atomic E-state index is -4.62. The van der Waals surface area contributed by atoms with E-state index >= 15 is 0 Å². The van der Waals surface area contributed by atoms with Gasteiger partial charge < -0.3 is 5.32 Å². The lowest BCUT2D eigenvalue weighted by Crippen LogP contribution is -2.25. The molecule has 0 aliphatic carbocycles. The van der Waals surface area contributed by atoms with E-state index in [1.165, 1.54) is 12.1 Å². The van der Waals surface area contributed by atoms with E-state index in [2.05, 4.69) is 5.32 Å². The van der Waals surface area contributed by atoms with Crippen molar-refractivity contribution in [3.8, 4) is 12.1 Å². The zero-order valence-electron chi connectivity index (χ0n) is 9.99. The lowest BCUT2D eigenvalue weighted by molar-refractivity contribution is -0.137. The second kappa shape index (κ2) is 6.83. The lowest BCUT2D eigenvalue weighted by Gasteiger charge is -2.10. The van der Waals surface area contributed by atoms with Gasteiger partial charge in [0.05, 0.1) is 29.0 Å². The number of rotatable bonds is 4. The van der Waals surface area contributed by atoms with Crippen LogP contribution in [-0.4, -0.2) is 18.2 Å². The van der Waals surface area contributed by atoms with Gasteiger partial charge in [0.2, 0.25) is 5.91 Å². The van der Waals surface area contributed by atoms with Gasteiger partial charge >= 0.3 is 6.18 Å². The van der Waals surface area contributed by atoms with E-state index in [-0.39, 0.29) is 17.2 Å². The van der Waals surface area contributed by atoms with Crippen LogP contribution in [0.5, 0.6) is 0 Å². The molecule has 8 heteroatoms. The van der Waals surface area contributed by atoms with Gasteiger partial charge in [0.1, 0.15) is 6.54 Å². The Morgan fingerprint density at radius 3 is 2.60 bits per heavy atom. The molecule has 0 bridgehead atoms. The van der Waals surface area contributed by atoms with Gasteiger partial charge in [-0.05, 0) is 18.2 Å². The molecular formula is C12H8F3N3OS. The topological polar surface area (TPSA) is 76.7 Å². The van der Waals surface area contributed by atoms with Gasteiger partial charge in [-0.2, -0.15) is 23.7 Å². The lowest BCUT2D eigenvalue weighted by atomic mass is 10.1. The molecule has 0 aliphatic rings. The van der Waals surface area contributed by atoms with Crippen LogP contribution in [0.15, 0.2) is 23.1 Å². The SMILES string of the molecule is N#CCNC(=O)CSc1ccc(C#N)c(C(F)(F)F)c1. The van der Waals surface area contributed by atoms with Crippen LogP contribution >= 0.6 is 11.8 Å². The summed E-state index contributed by atoms with van der Waals surface area (Å²) in [6.45, 7) is -0.152. The number of amides is 1. The Labute approximate surface area is 117 Å². The molecule has 0 saturated carbocycles. The van der Waals surface area contributed by atoms with Gasteiger partial charge in [0, 0.05) is 4.90 Å². The number of nitriles is 2. The maximum Gasteiger partial charge on any atom is 0.417 e. The van der Waals surface area contributed by atoms with Crippen LogP contribution in [-0.2, 0) is 11.0 Å². The monoisotopic (exact) mass is 299 g/mol. The van der Waals surface area contributed by atoms with Crippen LogP contribution in [0.3, 0.4) is 0 Å². The minimum absolute atomic E-state index is 0.106. The van der Waals surface area contributed by atoms with Gasteiger partial charge in [-0.25, -0.2) is 0 Å². The van der Waals surface area contributed by atoms with Crippen molar-refractivity contribution < 1.29 is 18.0 Å². The van der Waals surface area contributed by atoms with E-state index in [1.807, 2.05) is 0 Å². The molecule has 1 amide bonds. The molecule has 0 aromatic heterocycles. The summed E-state index contributed by atoms with van der Waals surface area (Å²) < 4.78 is 38.1. The predicted molar refractivity (Wildman–Crippen MR) is 65.5 cm³/mol. The number of nitrogens with one attached hydrogen (secondary N) is 1. The number of carbonyl (C=O) groups excluding carboxylic acids is 1. The largest absolute Gasteiger partial charge is 0.417 e. The molecule has 0 radical (unpaired) electrons. The second-order valence-corrected chi connectivity index (χ2v) is 4.59. The highest BCUT2D eigenvalue weighted by molar-refractivity contribution is 8.00. The average molecular weight is 299 g/mol. The maximum absolute atomic E-state index is 12.7. The van der Waals surface area contributed by atoms with Crippen molar-refractivity contribution in [2.45, 2.75) is 11.1 Å². The summed E-state index contributed by atoms with van der Waals surface area (Å²) in [6, 6.07) is 6.44. The highest BCUT2D eigenvalue weighted by Crippen LogP contribution is 2.34. The van der Waals surface area contributed by atoms with E-state index in [4.69, 9.17) is 10.5 Å². The molecule has 0 fully saturated rings. The number of hydrogen-bond acceptors (Lipinski definition) is 4. The number of benzene rings is 1. The third-order valence-corrected chi connectivity index (χ3v) is 3.15. The van der Waals surface area contributed by atoms with E-state index < -0.39 is 23.2 Å². The number of halogens is 3. The zero-order chi connectivity index (χ0) is 15.2. The van der Waals surface area contributed by atoms with Crippen LogP contribution in [0.1, 0.15) is 11.1 Å². The van der Waals surface area contributed by atoms with E-state index in [0.29, 0.717) is 0 Å². The van der Waals surface area contributed by atoms with Gasteiger partial charge in [0.25, 0.3) is 0 Å². The molecule has 1 aromatic rings. The molecule has 1 N–H and O–H groups in total. The quantitative estimate of drug-likeness (QED) is 0.683. The van der Waals surface area contributed by atoms with Crippen molar-refractivity contribution in [3.63, 3.8) is 0 Å². The highest BCUT2D eigenvalue weighted by Gasteiger charge is 2.33. The summed E-state index contributed by atoms with van der Waals surface area (Å²) in [4.78, 5) is 11.4. The molecule has 0 saturated heterocycles. The third-order valence-electron chi connectivity index (χ3n) is 2.15. The summed E-state index contributed by atoms with van der Waals surface area (Å²) in [6.07, 6.45) is -4.62. The summed E-state index contributed by atoms with van der Waals surface area (Å²) in [5.74, 6) is -0.556. The summed E-state index contributed by atoms with van der Waals surface area (Å²) in [5, 5.41) is 19.2. The van der Waals surface area contributed by atoms with Crippen molar-refractivity contribution in [1.82, 2.24) is 5.32 Å². The van der Waals surface area contributed by atoms with Crippen LogP contribution in [0.4, 0.5) is 13.2 Å². The Kier molecular flexibility index (Phi) is 5.42. The summed E-state index contributed by atoms with van der Waals surface area (Å²) in [5.41, 5.74) is -1.49. The third kappa shape index (κ3) is 4.48. The van der Waals surface area contributed by atoms with E-state index in [0.717, 1.165) is 23.9 Å². The standard InChI is InChI=1S/C12H8F3N3OS/c13-12(14,15)10-5-9(2-1-8(10)6-17)20-7-11(19)18-4-3-16/h1-2,5H,4,7H2,(H,18,19). The zero-order valence-corrected chi connectivity index (χ0v) is 10.8. The molecule has 4 nitrogen and oxygen atoms in total. The van der Waals surface area contributed by atoms with Crippen LogP contribution < -0.4 is 5.32 Å². The normalized spacial score (nSPS) is 10.4. The Morgan fingerprint density at radius 2 is 2.05 bits per heavy atom. The van der Waals surface area contributed by atoms with Gasteiger partial charge in [0.15, 0.2) is 0 Å². The van der Waals surface area contributed by atoms with Crippen molar-refractivity contribution >= 4 is 17.7 Å². The first kappa shape index (κ1) is 15.9. The maximum atomic E-state index is 12.7. The molecule has 104 valence electrons. The van der Waals surface area contributed by atoms with Crippen LogP contribution in [0, 0.1) is 22.7 Å². The molecule has 0 aliphatic heterocycles. The second-order valence-electron chi connectivity index (χ2n) is 3.54. The molecule has 0 spiro atoms. The predicted octanol–water partition coefficient (Wildman–Crippen LogP) is 2.31. The van der Waals surface area contributed by atoms with Gasteiger partial charge in [-0.1, -0.05) is 0 Å². The van der Waals surface area contributed by atoms with Crippen LogP contribution in [0.25, 0.3) is 0 Å². The molecule has 0 atom stereocenters. The Morgan fingerprint density at radius 1 is 1.35 bits per heavy atom. The molecular weight excluding hydrogens is 291 g/mol. The Bertz CT molecular complexity index is 587. The highest BCUT2D eigenvalue weighted by atomic mass is 32.2. The van der Waals surface area contributed by atoms with Crippen LogP contribution in [0.2, 0.25) is 0 Å². The fourth-order valence-electron chi connectivity index (χ4n) is 1.28. The van der Waals surface area contributed by atoms with Crippen molar-refractivity contribution in [3.05, 3.63) is 29.3 Å². The van der Waals surface area contributed by atoms with E-state index in [1.54, 1.807) is 6.07 Å². The van der Waals surface area contributed by atoms with Crippen molar-refractivity contribution in [2.24, 2.45) is 0 Å². The first-order valence-corrected chi connectivity index (χ1v) is 6.25. The number of nitrogens with zero attached hydrogens (tertiary/aromatic N) is 2. The smallest absolute Gasteiger partial charge is 0.342 e. The minimum Gasteiger partial charge on any atom is -0.342 e. The van der Waals surface area contributed by atoms with Gasteiger partial charge in [-0.3, -0.25) is 4.79 Å². The number of thioether (sulfide) groups is 1. The summed E-state index contributed by atoms with van der Waals surface area (Å²) in [7, 11) is 0. The molecule has 0 unspecified atom stereocenters. The van der Waals surface area contributed by atoms with Gasteiger partial charge in [-0.15, -0.1) is 11.8 Å². The Hall–Kier alpha value is -2.19. The average Bonchev–Trinajstić information content (AvgIpc) is 2.41. The first-order chi connectivity index (χ1) is 9.38. The molecule has 0 heterocycles. The molecule has 1 rings (SSSR count). The molecule has 20 heavy (non-hydrogen) atoms.